The summed E-state index contributed by atoms with van der Waals surface area (Å²) in [4.78, 5) is 13.6. The van der Waals surface area contributed by atoms with E-state index in [2.05, 4.69) is 25.8 Å². The number of esters is 1. The number of hydrogen-bond donors (Lipinski definition) is 0. The molecule has 1 aromatic carbocycles. The van der Waals surface area contributed by atoms with Crippen LogP contribution in [0.3, 0.4) is 0 Å². The number of halogens is 5. The number of benzene rings is 1. The van der Waals surface area contributed by atoms with E-state index in [0.29, 0.717) is 22.1 Å². The summed E-state index contributed by atoms with van der Waals surface area (Å²) >= 11 is 3.29. The first kappa shape index (κ1) is 18.7. The van der Waals surface area contributed by atoms with E-state index in [4.69, 9.17) is 0 Å². The first-order valence-corrected chi connectivity index (χ1v) is 8.39. The van der Waals surface area contributed by atoms with Gasteiger partial charge in [0.1, 0.15) is 18.1 Å². The van der Waals surface area contributed by atoms with Crippen LogP contribution >= 0.6 is 15.9 Å². The molecule has 26 heavy (non-hydrogen) atoms. The molecule has 0 radical (unpaired) electrons. The molecule has 2 heterocycles. The molecule has 140 valence electrons. The number of methoxy groups -OCH3 is 1. The summed E-state index contributed by atoms with van der Waals surface area (Å²) < 4.78 is 59.1. The lowest BCUT2D eigenvalue weighted by Crippen LogP contribution is -2.23. The van der Waals surface area contributed by atoms with Crippen molar-refractivity contribution in [3.63, 3.8) is 0 Å². The number of nitrogens with zero attached hydrogens (tertiary/aromatic N) is 3. The Morgan fingerprint density at radius 1 is 1.27 bits per heavy atom. The molecule has 5 nitrogen and oxygen atoms in total. The molecule has 3 rings (SSSR count). The first-order chi connectivity index (χ1) is 12.2. The van der Waals surface area contributed by atoms with Crippen molar-refractivity contribution in [1.29, 1.82) is 0 Å². The van der Waals surface area contributed by atoms with Gasteiger partial charge >= 0.3 is 12.1 Å². The van der Waals surface area contributed by atoms with E-state index in [-0.39, 0.29) is 18.9 Å². The molecular formula is C16H14BrF4N3O2. The summed E-state index contributed by atoms with van der Waals surface area (Å²) in [6.45, 7) is 0.136. The minimum absolute atomic E-state index is 0.0611. The number of fused-ring (bicyclic) bond motifs is 1. The fourth-order valence-corrected chi connectivity index (χ4v) is 3.59. The summed E-state index contributed by atoms with van der Waals surface area (Å²) in [7, 11) is 1.02. The summed E-state index contributed by atoms with van der Waals surface area (Å²) in [5.74, 6) is -1.03. The molecule has 0 spiro atoms. The van der Waals surface area contributed by atoms with E-state index in [1.165, 1.54) is 0 Å². The zero-order valence-corrected chi connectivity index (χ0v) is 15.2. The number of anilines is 1. The van der Waals surface area contributed by atoms with Gasteiger partial charge in [-0.2, -0.15) is 18.3 Å². The Morgan fingerprint density at radius 2 is 1.96 bits per heavy atom. The van der Waals surface area contributed by atoms with Gasteiger partial charge < -0.3 is 9.64 Å². The van der Waals surface area contributed by atoms with Crippen molar-refractivity contribution in [3.05, 3.63) is 45.1 Å². The highest BCUT2D eigenvalue weighted by molar-refractivity contribution is 9.10. The van der Waals surface area contributed by atoms with Crippen molar-refractivity contribution in [3.8, 4) is 0 Å². The lowest BCUT2D eigenvalue weighted by atomic mass is 10.1. The average Bonchev–Trinajstić information content (AvgIpc) is 3.13. The van der Waals surface area contributed by atoms with Gasteiger partial charge in [-0.05, 0) is 23.3 Å². The average molecular weight is 436 g/mol. The molecule has 0 unspecified atom stereocenters. The summed E-state index contributed by atoms with van der Waals surface area (Å²) in [5, 5.41) is 3.55. The smallest absolute Gasteiger partial charge is 0.436 e. The van der Waals surface area contributed by atoms with Crippen LogP contribution in [0.2, 0.25) is 0 Å². The molecule has 1 aliphatic rings. The Balaban J connectivity index is 2.02. The topological polar surface area (TPSA) is 47.4 Å². The second-order valence-electron chi connectivity index (χ2n) is 5.78. The van der Waals surface area contributed by atoms with E-state index in [0.717, 1.165) is 11.8 Å². The third kappa shape index (κ3) is 3.42. The summed E-state index contributed by atoms with van der Waals surface area (Å²) in [5.41, 5.74) is -0.710. The third-order valence-corrected chi connectivity index (χ3v) is 4.47. The van der Waals surface area contributed by atoms with Crippen LogP contribution in [-0.4, -0.2) is 29.4 Å². The fourth-order valence-electron chi connectivity index (χ4n) is 3.00. The standard InChI is InChI=1S/C16H14BrF4N3O2/c1-26-15(25)12-13(16(19,20)21)22-24-3-2-23(14(12)24)8-10-4-9(7-18)5-11(17)6-10/h4-6H,2-3,7-8H2,1H3. The van der Waals surface area contributed by atoms with Crippen molar-refractivity contribution in [2.45, 2.75) is 25.9 Å². The first-order valence-electron chi connectivity index (χ1n) is 7.60. The molecule has 1 aromatic heterocycles. The van der Waals surface area contributed by atoms with Gasteiger partial charge in [-0.25, -0.2) is 13.9 Å². The molecule has 0 fully saturated rings. The normalized spacial score (nSPS) is 13.8. The Morgan fingerprint density at radius 3 is 2.58 bits per heavy atom. The Kier molecular flexibility index (Phi) is 4.96. The minimum Gasteiger partial charge on any atom is -0.465 e. The number of rotatable bonds is 4. The Hall–Kier alpha value is -2.10. The van der Waals surface area contributed by atoms with Crippen LogP contribution in [0.5, 0.6) is 0 Å². The predicted octanol–water partition coefficient (Wildman–Crippen LogP) is 3.94. The van der Waals surface area contributed by atoms with Crippen LogP contribution in [0.15, 0.2) is 22.7 Å². The zero-order chi connectivity index (χ0) is 19.1. The fraction of sp³-hybridized carbons (Fsp3) is 0.375. The van der Waals surface area contributed by atoms with Crippen molar-refractivity contribution < 1.29 is 27.1 Å². The van der Waals surface area contributed by atoms with Gasteiger partial charge in [0.05, 0.1) is 13.7 Å². The van der Waals surface area contributed by atoms with Gasteiger partial charge in [0.25, 0.3) is 0 Å². The summed E-state index contributed by atoms with van der Waals surface area (Å²) in [6, 6.07) is 5.01. The molecular weight excluding hydrogens is 422 g/mol. The van der Waals surface area contributed by atoms with Crippen LogP contribution in [0, 0.1) is 0 Å². The molecule has 1 aliphatic heterocycles. The Labute approximate surface area is 154 Å². The largest absolute Gasteiger partial charge is 0.465 e. The molecule has 0 N–H and O–H groups in total. The maximum absolute atomic E-state index is 13.3. The van der Waals surface area contributed by atoms with Crippen LogP contribution < -0.4 is 4.90 Å². The number of ether oxygens (including phenoxy) is 1. The van der Waals surface area contributed by atoms with E-state index >= 15 is 0 Å². The van der Waals surface area contributed by atoms with Gasteiger partial charge in [-0.1, -0.05) is 22.0 Å². The van der Waals surface area contributed by atoms with Crippen molar-refractivity contribution in [1.82, 2.24) is 9.78 Å². The number of alkyl halides is 4. The van der Waals surface area contributed by atoms with E-state index in [1.807, 2.05) is 0 Å². The van der Waals surface area contributed by atoms with Gasteiger partial charge in [-0.15, -0.1) is 0 Å². The molecule has 0 aliphatic carbocycles. The minimum atomic E-state index is -4.77. The maximum atomic E-state index is 13.3. The molecule has 0 bridgehead atoms. The highest BCUT2D eigenvalue weighted by atomic mass is 79.9. The van der Waals surface area contributed by atoms with E-state index < -0.39 is 30.1 Å². The lowest BCUT2D eigenvalue weighted by Gasteiger charge is -2.19. The van der Waals surface area contributed by atoms with Gasteiger partial charge in [0, 0.05) is 17.6 Å². The van der Waals surface area contributed by atoms with Gasteiger partial charge in [-0.3, -0.25) is 0 Å². The van der Waals surface area contributed by atoms with Crippen molar-refractivity contribution in [2.75, 3.05) is 18.6 Å². The second kappa shape index (κ2) is 6.90. The second-order valence-corrected chi connectivity index (χ2v) is 6.70. The van der Waals surface area contributed by atoms with Crippen LogP contribution in [0.25, 0.3) is 0 Å². The number of carbonyl (C=O) groups excluding carboxylic acids is 1. The molecule has 0 amide bonds. The number of carbonyl (C=O) groups is 1. The third-order valence-electron chi connectivity index (χ3n) is 4.01. The molecule has 2 aromatic rings. The zero-order valence-electron chi connectivity index (χ0n) is 13.6. The van der Waals surface area contributed by atoms with E-state index in [1.54, 1.807) is 23.1 Å². The van der Waals surface area contributed by atoms with Crippen molar-refractivity contribution in [2.24, 2.45) is 0 Å². The van der Waals surface area contributed by atoms with Gasteiger partial charge in [0.2, 0.25) is 0 Å². The predicted molar refractivity (Wildman–Crippen MR) is 88.6 cm³/mol. The lowest BCUT2D eigenvalue weighted by molar-refractivity contribution is -0.142. The maximum Gasteiger partial charge on any atom is 0.436 e. The highest BCUT2D eigenvalue weighted by Crippen LogP contribution is 2.39. The monoisotopic (exact) mass is 435 g/mol. The summed E-state index contributed by atoms with van der Waals surface area (Å²) in [6.07, 6.45) is -4.77. The number of hydrogen-bond acceptors (Lipinski definition) is 4. The molecule has 0 saturated heterocycles. The van der Waals surface area contributed by atoms with Crippen LogP contribution in [-0.2, 0) is 30.7 Å². The SMILES string of the molecule is COC(=O)c1c(C(F)(F)F)nn2c1N(Cc1cc(Br)cc(CF)c1)CC2. The van der Waals surface area contributed by atoms with Crippen LogP contribution in [0.1, 0.15) is 27.2 Å². The Bertz CT molecular complexity index is 851. The number of aromatic nitrogens is 2. The van der Waals surface area contributed by atoms with Gasteiger partial charge in [0.15, 0.2) is 5.69 Å². The molecule has 10 heteroatoms. The highest BCUT2D eigenvalue weighted by Gasteiger charge is 2.44. The van der Waals surface area contributed by atoms with Crippen LogP contribution in [0.4, 0.5) is 23.4 Å². The quantitative estimate of drug-likeness (QED) is 0.538. The van der Waals surface area contributed by atoms with E-state index in [9.17, 15) is 22.4 Å². The van der Waals surface area contributed by atoms with Crippen molar-refractivity contribution >= 4 is 27.7 Å². The molecule has 0 atom stereocenters. The molecule has 0 saturated carbocycles.